The van der Waals surface area contributed by atoms with Crippen LogP contribution in [0.4, 0.5) is 0 Å². The van der Waals surface area contributed by atoms with Crippen LogP contribution in [-0.2, 0) is 13.5 Å². The van der Waals surface area contributed by atoms with Crippen LogP contribution in [0.15, 0.2) is 30.3 Å². The second-order valence-corrected chi connectivity index (χ2v) is 4.50. The molecule has 108 valence electrons. The Morgan fingerprint density at radius 1 is 1.24 bits per heavy atom. The van der Waals surface area contributed by atoms with Gasteiger partial charge >= 0.3 is 0 Å². The van der Waals surface area contributed by atoms with Crippen molar-refractivity contribution in [3.63, 3.8) is 0 Å². The normalized spacial score (nSPS) is 10.0. The summed E-state index contributed by atoms with van der Waals surface area (Å²) in [6, 6.07) is 10.7. The Kier molecular flexibility index (Phi) is 4.29. The smallest absolute Gasteiger partial charge is 0.213 e. The van der Waals surface area contributed by atoms with Crippen molar-refractivity contribution in [3.05, 3.63) is 47.3 Å². The Labute approximate surface area is 123 Å². The van der Waals surface area contributed by atoms with E-state index in [9.17, 15) is 4.79 Å². The zero-order valence-electron chi connectivity index (χ0n) is 12.2. The highest BCUT2D eigenvalue weighted by molar-refractivity contribution is 6.10. The maximum Gasteiger partial charge on any atom is 0.213 e. The van der Waals surface area contributed by atoms with Crippen LogP contribution in [0.2, 0.25) is 0 Å². The Balaban J connectivity index is 2.43. The molecule has 0 saturated heterocycles. The Morgan fingerprint density at radius 2 is 2.00 bits per heavy atom. The fourth-order valence-corrected chi connectivity index (χ4v) is 2.16. The highest BCUT2D eigenvalue weighted by Gasteiger charge is 2.19. The van der Waals surface area contributed by atoms with Gasteiger partial charge in [-0.05, 0) is 24.3 Å². The van der Waals surface area contributed by atoms with E-state index in [0.29, 0.717) is 22.8 Å². The molecule has 0 aliphatic carbocycles. The molecule has 0 N–H and O–H groups in total. The average molecular weight is 284 g/mol. The molecule has 2 rings (SSSR count). The molecule has 2 aromatic rings. The van der Waals surface area contributed by atoms with Crippen molar-refractivity contribution < 1.29 is 14.3 Å². The fraction of sp³-hybridized carbons (Fsp3) is 0.250. The lowest BCUT2D eigenvalue weighted by Gasteiger charge is -2.10. The fourth-order valence-electron chi connectivity index (χ4n) is 2.16. The molecule has 0 bridgehead atoms. The summed E-state index contributed by atoms with van der Waals surface area (Å²) in [4.78, 5) is 12.6. The molecule has 0 aliphatic heterocycles. The molecule has 0 fully saturated rings. The number of benzene rings is 1. The third kappa shape index (κ3) is 2.75. The van der Waals surface area contributed by atoms with Crippen molar-refractivity contribution in [1.29, 1.82) is 5.26 Å². The molecular formula is C16H16N2O3. The minimum absolute atomic E-state index is 0.152. The minimum atomic E-state index is -0.152. The Morgan fingerprint density at radius 3 is 2.62 bits per heavy atom. The summed E-state index contributed by atoms with van der Waals surface area (Å²) < 4.78 is 12.1. The van der Waals surface area contributed by atoms with Gasteiger partial charge in [-0.15, -0.1) is 0 Å². The van der Waals surface area contributed by atoms with E-state index in [1.54, 1.807) is 49.1 Å². The van der Waals surface area contributed by atoms with E-state index in [1.165, 1.54) is 7.11 Å². The van der Waals surface area contributed by atoms with Crippen LogP contribution in [0.1, 0.15) is 21.7 Å². The first-order valence-electron chi connectivity index (χ1n) is 6.40. The zero-order chi connectivity index (χ0) is 15.4. The second kappa shape index (κ2) is 6.14. The maximum atomic E-state index is 12.6. The topological polar surface area (TPSA) is 64.2 Å². The third-order valence-electron chi connectivity index (χ3n) is 3.37. The van der Waals surface area contributed by atoms with Gasteiger partial charge in [0, 0.05) is 18.8 Å². The molecule has 0 saturated carbocycles. The molecule has 1 aromatic heterocycles. The van der Waals surface area contributed by atoms with Gasteiger partial charge in [-0.1, -0.05) is 0 Å². The van der Waals surface area contributed by atoms with Crippen LogP contribution in [0.25, 0.3) is 0 Å². The SMILES string of the molecule is COc1ccc(C(=O)c2ccc(CC#N)n2C)c(OC)c1. The van der Waals surface area contributed by atoms with Gasteiger partial charge in [-0.3, -0.25) is 4.79 Å². The Bertz CT molecular complexity index is 711. The number of nitriles is 1. The summed E-state index contributed by atoms with van der Waals surface area (Å²) in [5.41, 5.74) is 1.78. The zero-order valence-corrected chi connectivity index (χ0v) is 12.2. The van der Waals surface area contributed by atoms with Gasteiger partial charge in [0.2, 0.25) is 5.78 Å². The Hall–Kier alpha value is -2.74. The number of ether oxygens (including phenoxy) is 2. The first-order valence-corrected chi connectivity index (χ1v) is 6.40. The van der Waals surface area contributed by atoms with Crippen molar-refractivity contribution in [2.24, 2.45) is 7.05 Å². The van der Waals surface area contributed by atoms with E-state index in [0.717, 1.165) is 5.69 Å². The molecule has 1 aromatic carbocycles. The first kappa shape index (κ1) is 14.7. The summed E-state index contributed by atoms with van der Waals surface area (Å²) in [6.07, 6.45) is 0.267. The summed E-state index contributed by atoms with van der Waals surface area (Å²) in [5.74, 6) is 0.934. The van der Waals surface area contributed by atoms with Crippen molar-refractivity contribution in [3.8, 4) is 17.6 Å². The molecule has 0 amide bonds. The number of nitrogens with zero attached hydrogens (tertiary/aromatic N) is 2. The summed E-state index contributed by atoms with van der Waals surface area (Å²) >= 11 is 0. The van der Waals surface area contributed by atoms with Gasteiger partial charge < -0.3 is 14.0 Å². The quantitative estimate of drug-likeness (QED) is 0.790. The number of aromatic nitrogens is 1. The van der Waals surface area contributed by atoms with Crippen molar-refractivity contribution in [2.45, 2.75) is 6.42 Å². The second-order valence-electron chi connectivity index (χ2n) is 4.50. The third-order valence-corrected chi connectivity index (χ3v) is 3.37. The minimum Gasteiger partial charge on any atom is -0.497 e. The number of ketones is 1. The molecule has 5 nitrogen and oxygen atoms in total. The largest absolute Gasteiger partial charge is 0.497 e. The standard InChI is InChI=1S/C16H16N2O3/c1-18-11(8-9-17)4-7-14(18)16(19)13-6-5-12(20-2)10-15(13)21-3/h4-7,10H,8H2,1-3H3. The van der Waals surface area contributed by atoms with Gasteiger partial charge in [0.15, 0.2) is 0 Å². The number of methoxy groups -OCH3 is 2. The summed E-state index contributed by atoms with van der Waals surface area (Å²) in [5, 5.41) is 8.77. The lowest BCUT2D eigenvalue weighted by molar-refractivity contribution is 0.102. The van der Waals surface area contributed by atoms with Gasteiger partial charge in [-0.2, -0.15) is 5.26 Å². The van der Waals surface area contributed by atoms with Crippen LogP contribution in [0, 0.1) is 11.3 Å². The van der Waals surface area contributed by atoms with E-state index >= 15 is 0 Å². The van der Waals surface area contributed by atoms with Gasteiger partial charge in [0.25, 0.3) is 0 Å². The van der Waals surface area contributed by atoms with Crippen molar-refractivity contribution in [1.82, 2.24) is 4.57 Å². The van der Waals surface area contributed by atoms with E-state index < -0.39 is 0 Å². The predicted octanol–water partition coefficient (Wildman–Crippen LogP) is 2.34. The number of carbonyl (C=O) groups excluding carboxylic acids is 1. The molecule has 0 unspecified atom stereocenters. The van der Waals surface area contributed by atoms with Crippen LogP contribution in [0.3, 0.4) is 0 Å². The highest BCUT2D eigenvalue weighted by atomic mass is 16.5. The lowest BCUT2D eigenvalue weighted by Crippen LogP contribution is -2.10. The molecule has 1 heterocycles. The molecule has 0 atom stereocenters. The van der Waals surface area contributed by atoms with E-state index in [1.807, 2.05) is 0 Å². The molecule has 0 aliphatic rings. The number of hydrogen-bond donors (Lipinski definition) is 0. The monoisotopic (exact) mass is 284 g/mol. The highest BCUT2D eigenvalue weighted by Crippen LogP contribution is 2.27. The van der Waals surface area contributed by atoms with Gasteiger partial charge in [0.05, 0.1) is 38.0 Å². The number of carbonyl (C=O) groups is 1. The average Bonchev–Trinajstić information content (AvgIpc) is 2.87. The van der Waals surface area contributed by atoms with Crippen LogP contribution >= 0.6 is 0 Å². The van der Waals surface area contributed by atoms with Gasteiger partial charge in [0.1, 0.15) is 11.5 Å². The molecular weight excluding hydrogens is 268 g/mol. The van der Waals surface area contributed by atoms with E-state index in [-0.39, 0.29) is 12.2 Å². The van der Waals surface area contributed by atoms with Crippen molar-refractivity contribution >= 4 is 5.78 Å². The van der Waals surface area contributed by atoms with E-state index in [4.69, 9.17) is 14.7 Å². The number of rotatable bonds is 5. The summed E-state index contributed by atoms with van der Waals surface area (Å²) in [7, 11) is 4.84. The van der Waals surface area contributed by atoms with Crippen LogP contribution < -0.4 is 9.47 Å². The number of hydrogen-bond acceptors (Lipinski definition) is 4. The maximum absolute atomic E-state index is 12.6. The summed E-state index contributed by atoms with van der Waals surface area (Å²) in [6.45, 7) is 0. The predicted molar refractivity (Wildman–Crippen MR) is 77.7 cm³/mol. The molecule has 0 spiro atoms. The lowest BCUT2D eigenvalue weighted by atomic mass is 10.1. The molecule has 0 radical (unpaired) electrons. The molecule has 21 heavy (non-hydrogen) atoms. The van der Waals surface area contributed by atoms with Crippen molar-refractivity contribution in [2.75, 3.05) is 14.2 Å². The molecule has 5 heteroatoms. The van der Waals surface area contributed by atoms with Crippen LogP contribution in [-0.4, -0.2) is 24.6 Å². The van der Waals surface area contributed by atoms with Gasteiger partial charge in [-0.25, -0.2) is 0 Å². The van der Waals surface area contributed by atoms with E-state index in [2.05, 4.69) is 6.07 Å². The first-order chi connectivity index (χ1) is 10.1. The van der Waals surface area contributed by atoms with Crippen LogP contribution in [0.5, 0.6) is 11.5 Å².